The summed E-state index contributed by atoms with van der Waals surface area (Å²) in [5.41, 5.74) is 8.02. The molecule has 0 aliphatic rings. The first-order valence-electron chi connectivity index (χ1n) is 5.52. The van der Waals surface area contributed by atoms with Crippen LogP contribution in [0, 0.1) is 13.8 Å². The van der Waals surface area contributed by atoms with Crippen molar-refractivity contribution < 1.29 is 4.79 Å². The van der Waals surface area contributed by atoms with Crippen LogP contribution >= 0.6 is 0 Å². The van der Waals surface area contributed by atoms with Gasteiger partial charge in [0, 0.05) is 18.3 Å². The Morgan fingerprint density at radius 2 is 2.19 bits per heavy atom. The highest BCUT2D eigenvalue weighted by molar-refractivity contribution is 5.95. The fraction of sp³-hybridized carbons (Fsp3) is 0.500. The highest BCUT2D eigenvalue weighted by Gasteiger charge is 2.10. The van der Waals surface area contributed by atoms with E-state index in [1.165, 1.54) is 0 Å². The number of carbonyl (C=O) groups is 1. The smallest absolute Gasteiger partial charge is 0.253 e. The summed E-state index contributed by atoms with van der Waals surface area (Å²) in [4.78, 5) is 16.0. The lowest BCUT2D eigenvalue weighted by molar-refractivity contribution is 0.0950. The van der Waals surface area contributed by atoms with Crippen molar-refractivity contribution in [3.05, 3.63) is 29.1 Å². The molecule has 0 fully saturated rings. The third-order valence-corrected chi connectivity index (χ3v) is 2.52. The lowest BCUT2D eigenvalue weighted by Crippen LogP contribution is -2.37. The van der Waals surface area contributed by atoms with Crippen molar-refractivity contribution in [2.75, 3.05) is 6.54 Å². The van der Waals surface area contributed by atoms with E-state index in [4.69, 9.17) is 5.73 Å². The first-order chi connectivity index (χ1) is 7.54. The van der Waals surface area contributed by atoms with E-state index in [2.05, 4.69) is 10.3 Å². The fourth-order valence-corrected chi connectivity index (χ4v) is 1.39. The summed E-state index contributed by atoms with van der Waals surface area (Å²) in [6, 6.07) is 3.65. The topological polar surface area (TPSA) is 68.0 Å². The van der Waals surface area contributed by atoms with Crippen LogP contribution in [0.1, 0.15) is 35.1 Å². The summed E-state index contributed by atoms with van der Waals surface area (Å²) < 4.78 is 0. The molecule has 0 bridgehead atoms. The molecule has 1 aromatic rings. The molecule has 1 unspecified atom stereocenters. The van der Waals surface area contributed by atoms with E-state index in [9.17, 15) is 4.79 Å². The van der Waals surface area contributed by atoms with E-state index < -0.39 is 0 Å². The van der Waals surface area contributed by atoms with E-state index in [-0.39, 0.29) is 11.9 Å². The molecule has 0 spiro atoms. The summed E-state index contributed by atoms with van der Waals surface area (Å²) in [7, 11) is 0. The molecule has 3 N–H and O–H groups in total. The highest BCUT2D eigenvalue weighted by Crippen LogP contribution is 2.06. The largest absolute Gasteiger partial charge is 0.350 e. The minimum atomic E-state index is -0.103. The first kappa shape index (κ1) is 12.6. The molecule has 0 aliphatic carbocycles. The van der Waals surface area contributed by atoms with Gasteiger partial charge in [0.25, 0.3) is 5.91 Å². The van der Waals surface area contributed by atoms with E-state index in [1.807, 2.05) is 26.8 Å². The van der Waals surface area contributed by atoms with Crippen LogP contribution in [0.15, 0.2) is 12.1 Å². The third-order valence-electron chi connectivity index (χ3n) is 2.52. The lowest BCUT2D eigenvalue weighted by Gasteiger charge is -2.11. The summed E-state index contributed by atoms with van der Waals surface area (Å²) in [6.45, 7) is 6.24. The average molecular weight is 221 g/mol. The molecule has 16 heavy (non-hydrogen) atoms. The zero-order valence-electron chi connectivity index (χ0n) is 10.1. The van der Waals surface area contributed by atoms with E-state index in [0.29, 0.717) is 12.1 Å². The van der Waals surface area contributed by atoms with E-state index >= 15 is 0 Å². The third kappa shape index (κ3) is 3.31. The Hall–Kier alpha value is -1.42. The van der Waals surface area contributed by atoms with Gasteiger partial charge in [0.15, 0.2) is 0 Å². The van der Waals surface area contributed by atoms with Crippen molar-refractivity contribution in [2.24, 2.45) is 5.73 Å². The number of nitrogens with zero attached hydrogens (tertiary/aromatic N) is 1. The molecule has 0 saturated heterocycles. The van der Waals surface area contributed by atoms with Crippen molar-refractivity contribution in [1.29, 1.82) is 0 Å². The Bertz CT molecular complexity index is 377. The van der Waals surface area contributed by atoms with Gasteiger partial charge in [-0.1, -0.05) is 6.92 Å². The second-order valence-corrected chi connectivity index (χ2v) is 3.96. The number of rotatable bonds is 4. The number of hydrogen-bond donors (Lipinski definition) is 2. The van der Waals surface area contributed by atoms with Crippen LogP contribution in [0.3, 0.4) is 0 Å². The number of aromatic nitrogens is 1. The molecular weight excluding hydrogens is 202 g/mol. The lowest BCUT2D eigenvalue weighted by atomic mass is 10.1. The summed E-state index contributed by atoms with van der Waals surface area (Å²) >= 11 is 0. The maximum atomic E-state index is 11.8. The summed E-state index contributed by atoms with van der Waals surface area (Å²) in [5.74, 6) is -0.103. The molecule has 0 radical (unpaired) electrons. The standard InChI is InChI=1S/C12H19N3O/c1-4-10(13)7-14-12(16)11-6-5-8(2)15-9(11)3/h5-6,10H,4,7,13H2,1-3H3,(H,14,16). The van der Waals surface area contributed by atoms with Gasteiger partial charge in [-0.3, -0.25) is 9.78 Å². The van der Waals surface area contributed by atoms with Gasteiger partial charge in [0.05, 0.1) is 11.3 Å². The molecule has 0 aliphatic heterocycles. The number of carbonyl (C=O) groups excluding carboxylic acids is 1. The predicted octanol–water partition coefficient (Wildman–Crippen LogP) is 1.17. The zero-order valence-corrected chi connectivity index (χ0v) is 10.1. The van der Waals surface area contributed by atoms with Gasteiger partial charge in [-0.05, 0) is 32.4 Å². The summed E-state index contributed by atoms with van der Waals surface area (Å²) in [5, 5.41) is 2.81. The van der Waals surface area contributed by atoms with Crippen molar-refractivity contribution in [2.45, 2.75) is 33.2 Å². The van der Waals surface area contributed by atoms with Gasteiger partial charge in [-0.25, -0.2) is 0 Å². The Kier molecular flexibility index (Phi) is 4.43. The SMILES string of the molecule is CCC(N)CNC(=O)c1ccc(C)nc1C. The summed E-state index contributed by atoms with van der Waals surface area (Å²) in [6.07, 6.45) is 0.853. The average Bonchev–Trinajstić information content (AvgIpc) is 2.25. The Labute approximate surface area is 96.3 Å². The predicted molar refractivity (Wildman–Crippen MR) is 64.3 cm³/mol. The molecular formula is C12H19N3O. The van der Waals surface area contributed by atoms with Gasteiger partial charge in [-0.2, -0.15) is 0 Å². The number of amides is 1. The van der Waals surface area contributed by atoms with Gasteiger partial charge in [0.2, 0.25) is 0 Å². The van der Waals surface area contributed by atoms with Crippen LogP contribution in [-0.4, -0.2) is 23.5 Å². The minimum absolute atomic E-state index is 0.0164. The Morgan fingerprint density at radius 3 is 2.75 bits per heavy atom. The minimum Gasteiger partial charge on any atom is -0.350 e. The number of hydrogen-bond acceptors (Lipinski definition) is 3. The Balaban J connectivity index is 2.66. The van der Waals surface area contributed by atoms with Gasteiger partial charge < -0.3 is 11.1 Å². The van der Waals surface area contributed by atoms with Gasteiger partial charge in [0.1, 0.15) is 0 Å². The molecule has 1 amide bonds. The highest BCUT2D eigenvalue weighted by atomic mass is 16.1. The molecule has 1 heterocycles. The molecule has 4 heteroatoms. The number of nitrogens with one attached hydrogen (secondary N) is 1. The molecule has 1 atom stereocenters. The zero-order chi connectivity index (χ0) is 12.1. The van der Waals surface area contributed by atoms with Crippen LogP contribution in [0.4, 0.5) is 0 Å². The molecule has 0 saturated carbocycles. The molecule has 0 aromatic carbocycles. The van der Waals surface area contributed by atoms with E-state index in [0.717, 1.165) is 17.8 Å². The monoisotopic (exact) mass is 221 g/mol. The van der Waals surface area contributed by atoms with Crippen molar-refractivity contribution in [3.63, 3.8) is 0 Å². The molecule has 4 nitrogen and oxygen atoms in total. The van der Waals surface area contributed by atoms with Crippen molar-refractivity contribution in [3.8, 4) is 0 Å². The van der Waals surface area contributed by atoms with Crippen molar-refractivity contribution >= 4 is 5.91 Å². The number of pyridine rings is 1. The van der Waals surface area contributed by atoms with Crippen LogP contribution in [0.25, 0.3) is 0 Å². The first-order valence-corrected chi connectivity index (χ1v) is 5.52. The van der Waals surface area contributed by atoms with Crippen LogP contribution in [-0.2, 0) is 0 Å². The number of nitrogens with two attached hydrogens (primary N) is 1. The van der Waals surface area contributed by atoms with Crippen LogP contribution in [0.5, 0.6) is 0 Å². The second-order valence-electron chi connectivity index (χ2n) is 3.96. The van der Waals surface area contributed by atoms with Gasteiger partial charge in [-0.15, -0.1) is 0 Å². The fourth-order valence-electron chi connectivity index (χ4n) is 1.39. The quantitative estimate of drug-likeness (QED) is 0.801. The Morgan fingerprint density at radius 1 is 1.50 bits per heavy atom. The molecule has 1 aromatic heterocycles. The second kappa shape index (κ2) is 5.61. The maximum Gasteiger partial charge on any atom is 0.253 e. The van der Waals surface area contributed by atoms with Gasteiger partial charge >= 0.3 is 0 Å². The molecule has 88 valence electrons. The van der Waals surface area contributed by atoms with Crippen LogP contribution < -0.4 is 11.1 Å². The van der Waals surface area contributed by atoms with Crippen molar-refractivity contribution in [1.82, 2.24) is 10.3 Å². The molecule has 1 rings (SSSR count). The van der Waals surface area contributed by atoms with Crippen LogP contribution in [0.2, 0.25) is 0 Å². The van der Waals surface area contributed by atoms with E-state index in [1.54, 1.807) is 6.07 Å². The number of aryl methyl sites for hydroxylation is 2. The normalized spacial score (nSPS) is 12.2. The maximum absolute atomic E-state index is 11.8.